The molecule has 0 bridgehead atoms. The fraction of sp³-hybridized carbons (Fsp3) is 0.500. The zero-order valence-electron chi connectivity index (χ0n) is 9.59. The van der Waals surface area contributed by atoms with Gasteiger partial charge in [0.2, 0.25) is 0 Å². The number of methoxy groups -OCH3 is 1. The number of aliphatic hydroxyl groups is 2. The van der Waals surface area contributed by atoms with Crippen LogP contribution in [0.3, 0.4) is 0 Å². The lowest BCUT2D eigenvalue weighted by Crippen LogP contribution is -2.29. The van der Waals surface area contributed by atoms with E-state index in [2.05, 4.69) is 0 Å². The maximum Gasteiger partial charge on any atom is 0.118 e. The van der Waals surface area contributed by atoms with E-state index in [1.54, 1.807) is 7.11 Å². The first-order chi connectivity index (χ1) is 7.80. The molecule has 0 radical (unpaired) electrons. The van der Waals surface area contributed by atoms with Crippen LogP contribution in [-0.2, 0) is 6.54 Å². The normalized spacial score (nSPS) is 10.8. The second kappa shape index (κ2) is 7.22. The molecule has 0 aliphatic carbocycles. The summed E-state index contributed by atoms with van der Waals surface area (Å²) in [5, 5.41) is 17.8. The summed E-state index contributed by atoms with van der Waals surface area (Å²) in [6, 6.07) is 7.79. The van der Waals surface area contributed by atoms with Crippen molar-refractivity contribution in [3.05, 3.63) is 29.8 Å². The summed E-state index contributed by atoms with van der Waals surface area (Å²) >= 11 is 0. The van der Waals surface area contributed by atoms with Gasteiger partial charge in [0.25, 0.3) is 0 Å². The quantitative estimate of drug-likeness (QED) is 0.709. The van der Waals surface area contributed by atoms with E-state index in [1.807, 2.05) is 29.2 Å². The molecular weight excluding hydrogens is 206 g/mol. The molecule has 4 heteroatoms. The Morgan fingerprint density at radius 1 is 1.06 bits per heavy atom. The number of hydrogen-bond donors (Lipinski definition) is 2. The van der Waals surface area contributed by atoms with Gasteiger partial charge in [-0.2, -0.15) is 0 Å². The Morgan fingerprint density at radius 3 is 2.06 bits per heavy atom. The van der Waals surface area contributed by atoms with E-state index in [-0.39, 0.29) is 13.2 Å². The molecule has 16 heavy (non-hydrogen) atoms. The van der Waals surface area contributed by atoms with Crippen LogP contribution >= 0.6 is 0 Å². The predicted molar refractivity (Wildman–Crippen MR) is 62.4 cm³/mol. The highest BCUT2D eigenvalue weighted by Crippen LogP contribution is 2.12. The molecular formula is C12H19NO3. The van der Waals surface area contributed by atoms with Crippen LogP contribution in [0.2, 0.25) is 0 Å². The van der Waals surface area contributed by atoms with Gasteiger partial charge >= 0.3 is 0 Å². The number of benzene rings is 1. The summed E-state index contributed by atoms with van der Waals surface area (Å²) in [6.45, 7) is 2.09. The Balaban J connectivity index is 2.54. The standard InChI is InChI=1S/C12H19NO3/c1-16-12-4-2-11(3-5-12)10-13(6-8-14)7-9-15/h2-5,14-15H,6-10H2,1H3. The molecule has 90 valence electrons. The third-order valence-electron chi connectivity index (χ3n) is 2.40. The molecule has 0 saturated heterocycles. The first-order valence-corrected chi connectivity index (χ1v) is 5.37. The van der Waals surface area contributed by atoms with Crippen molar-refractivity contribution in [2.45, 2.75) is 6.54 Å². The number of nitrogens with zero attached hydrogens (tertiary/aromatic N) is 1. The van der Waals surface area contributed by atoms with Crippen LogP contribution < -0.4 is 4.74 Å². The molecule has 0 amide bonds. The molecule has 0 fully saturated rings. The van der Waals surface area contributed by atoms with Crippen molar-refractivity contribution >= 4 is 0 Å². The third-order valence-corrected chi connectivity index (χ3v) is 2.40. The summed E-state index contributed by atoms with van der Waals surface area (Å²) in [5.74, 6) is 0.833. The van der Waals surface area contributed by atoms with Crippen LogP contribution in [0.1, 0.15) is 5.56 Å². The van der Waals surface area contributed by atoms with Crippen molar-refractivity contribution in [1.82, 2.24) is 4.90 Å². The highest BCUT2D eigenvalue weighted by molar-refractivity contribution is 5.27. The summed E-state index contributed by atoms with van der Waals surface area (Å²) in [4.78, 5) is 2.00. The Hall–Kier alpha value is -1.10. The van der Waals surface area contributed by atoms with Gasteiger partial charge in [-0.25, -0.2) is 0 Å². The molecule has 1 rings (SSSR count). The van der Waals surface area contributed by atoms with Gasteiger partial charge in [-0.15, -0.1) is 0 Å². The molecule has 1 aromatic carbocycles. The van der Waals surface area contributed by atoms with Gasteiger partial charge in [0.15, 0.2) is 0 Å². The van der Waals surface area contributed by atoms with Crippen molar-refractivity contribution in [2.75, 3.05) is 33.4 Å². The molecule has 0 heterocycles. The summed E-state index contributed by atoms with van der Waals surface area (Å²) in [6.07, 6.45) is 0. The Bertz CT molecular complexity index is 281. The highest BCUT2D eigenvalue weighted by atomic mass is 16.5. The summed E-state index contributed by atoms with van der Waals surface area (Å²) in [5.41, 5.74) is 1.14. The van der Waals surface area contributed by atoms with Crippen LogP contribution in [-0.4, -0.2) is 48.5 Å². The van der Waals surface area contributed by atoms with Crippen molar-refractivity contribution in [3.63, 3.8) is 0 Å². The molecule has 0 aliphatic heterocycles. The molecule has 0 saturated carbocycles. The number of aliphatic hydroxyl groups excluding tert-OH is 2. The van der Waals surface area contributed by atoms with Crippen molar-refractivity contribution in [3.8, 4) is 5.75 Å². The van der Waals surface area contributed by atoms with Crippen LogP contribution in [0.15, 0.2) is 24.3 Å². The third kappa shape index (κ3) is 4.18. The first-order valence-electron chi connectivity index (χ1n) is 5.37. The van der Waals surface area contributed by atoms with Gasteiger partial charge in [0, 0.05) is 19.6 Å². The van der Waals surface area contributed by atoms with E-state index < -0.39 is 0 Å². The van der Waals surface area contributed by atoms with Gasteiger partial charge in [-0.1, -0.05) is 12.1 Å². The van der Waals surface area contributed by atoms with Gasteiger partial charge in [-0.3, -0.25) is 4.90 Å². The maximum absolute atomic E-state index is 8.88. The number of rotatable bonds is 7. The Kier molecular flexibility index (Phi) is 5.85. The van der Waals surface area contributed by atoms with Gasteiger partial charge in [0.05, 0.1) is 20.3 Å². The zero-order valence-corrected chi connectivity index (χ0v) is 9.59. The number of ether oxygens (including phenoxy) is 1. The molecule has 0 aromatic heterocycles. The lowest BCUT2D eigenvalue weighted by Gasteiger charge is -2.20. The highest BCUT2D eigenvalue weighted by Gasteiger charge is 2.04. The number of hydrogen-bond acceptors (Lipinski definition) is 4. The van der Waals surface area contributed by atoms with E-state index in [4.69, 9.17) is 14.9 Å². The van der Waals surface area contributed by atoms with Crippen LogP contribution in [0, 0.1) is 0 Å². The van der Waals surface area contributed by atoms with Crippen LogP contribution in [0.5, 0.6) is 5.75 Å². The van der Waals surface area contributed by atoms with E-state index >= 15 is 0 Å². The van der Waals surface area contributed by atoms with Crippen molar-refractivity contribution < 1.29 is 14.9 Å². The monoisotopic (exact) mass is 225 g/mol. The predicted octanol–water partition coefficient (Wildman–Crippen LogP) is 0.482. The molecule has 0 atom stereocenters. The average molecular weight is 225 g/mol. The minimum absolute atomic E-state index is 0.107. The Labute approximate surface area is 96.1 Å². The summed E-state index contributed by atoms with van der Waals surface area (Å²) in [7, 11) is 1.64. The topological polar surface area (TPSA) is 52.9 Å². The second-order valence-corrected chi connectivity index (χ2v) is 3.57. The molecule has 0 spiro atoms. The van der Waals surface area contributed by atoms with E-state index in [1.165, 1.54) is 0 Å². The van der Waals surface area contributed by atoms with E-state index in [0.717, 1.165) is 17.9 Å². The minimum atomic E-state index is 0.107. The molecule has 0 aliphatic rings. The lowest BCUT2D eigenvalue weighted by molar-refractivity contribution is 0.156. The smallest absolute Gasteiger partial charge is 0.118 e. The van der Waals surface area contributed by atoms with Crippen LogP contribution in [0.4, 0.5) is 0 Å². The maximum atomic E-state index is 8.88. The van der Waals surface area contributed by atoms with Gasteiger partial charge in [-0.05, 0) is 17.7 Å². The largest absolute Gasteiger partial charge is 0.497 e. The molecule has 1 aromatic rings. The fourth-order valence-electron chi connectivity index (χ4n) is 1.54. The van der Waals surface area contributed by atoms with Crippen molar-refractivity contribution in [1.29, 1.82) is 0 Å². The summed E-state index contributed by atoms with van der Waals surface area (Å²) < 4.78 is 5.08. The van der Waals surface area contributed by atoms with Gasteiger partial charge < -0.3 is 14.9 Å². The molecule has 4 nitrogen and oxygen atoms in total. The van der Waals surface area contributed by atoms with E-state index in [0.29, 0.717) is 13.1 Å². The second-order valence-electron chi connectivity index (χ2n) is 3.57. The fourth-order valence-corrected chi connectivity index (χ4v) is 1.54. The van der Waals surface area contributed by atoms with Gasteiger partial charge in [0.1, 0.15) is 5.75 Å². The average Bonchev–Trinajstić information content (AvgIpc) is 2.31. The van der Waals surface area contributed by atoms with Crippen molar-refractivity contribution in [2.24, 2.45) is 0 Å². The van der Waals surface area contributed by atoms with E-state index in [9.17, 15) is 0 Å². The molecule has 0 unspecified atom stereocenters. The molecule has 2 N–H and O–H groups in total. The SMILES string of the molecule is COc1ccc(CN(CCO)CCO)cc1. The lowest BCUT2D eigenvalue weighted by atomic mass is 10.2. The minimum Gasteiger partial charge on any atom is -0.497 e. The van der Waals surface area contributed by atoms with Crippen LogP contribution in [0.25, 0.3) is 0 Å². The first kappa shape index (κ1) is 13.0. The zero-order chi connectivity index (χ0) is 11.8. The Morgan fingerprint density at radius 2 is 1.62 bits per heavy atom.